The fourth-order valence-electron chi connectivity index (χ4n) is 2.70. The number of nitrogens with zero attached hydrogens (tertiary/aromatic N) is 3. The molecular weight excluding hydrogens is 357 g/mol. The molecule has 1 aliphatic heterocycles. The number of halogens is 1. The van der Waals surface area contributed by atoms with Crippen LogP contribution in [0.4, 0.5) is 15.8 Å². The Morgan fingerprint density at radius 3 is 2.78 bits per heavy atom. The van der Waals surface area contributed by atoms with Crippen LogP contribution in [0, 0.1) is 15.9 Å². The number of fused-ring (bicyclic) bond motifs is 1. The summed E-state index contributed by atoms with van der Waals surface area (Å²) in [4.78, 5) is 37.6. The van der Waals surface area contributed by atoms with Gasteiger partial charge in [-0.3, -0.25) is 24.6 Å². The fourth-order valence-corrected chi connectivity index (χ4v) is 2.70. The van der Waals surface area contributed by atoms with Gasteiger partial charge in [0, 0.05) is 31.3 Å². The summed E-state index contributed by atoms with van der Waals surface area (Å²) in [5.41, 5.74) is 0.287. The van der Waals surface area contributed by atoms with Crippen LogP contribution in [-0.2, 0) is 16.1 Å². The van der Waals surface area contributed by atoms with Gasteiger partial charge in [-0.25, -0.2) is 4.39 Å². The average molecular weight is 373 g/mol. The maximum atomic E-state index is 13.8. The molecule has 2 aromatic carbocycles. The van der Waals surface area contributed by atoms with E-state index >= 15 is 0 Å². The number of nitro groups is 1. The highest BCUT2D eigenvalue weighted by molar-refractivity contribution is 6.02. The molecule has 0 radical (unpaired) electrons. The van der Waals surface area contributed by atoms with Crippen LogP contribution in [0.5, 0.6) is 5.75 Å². The predicted octanol–water partition coefficient (Wildman–Crippen LogP) is 2.12. The molecule has 27 heavy (non-hydrogen) atoms. The lowest BCUT2D eigenvalue weighted by molar-refractivity contribution is -0.384. The summed E-state index contributed by atoms with van der Waals surface area (Å²) in [6, 6.07) is 9.93. The summed E-state index contributed by atoms with van der Waals surface area (Å²) in [6.07, 6.45) is 0. The Morgan fingerprint density at radius 2 is 2.07 bits per heavy atom. The first-order chi connectivity index (χ1) is 12.9. The molecule has 0 fully saturated rings. The van der Waals surface area contributed by atoms with Gasteiger partial charge in [0.15, 0.2) is 6.61 Å². The molecule has 1 heterocycles. The number of non-ortho nitro benzene ring substituents is 1. The minimum atomic E-state index is -0.594. The predicted molar refractivity (Wildman–Crippen MR) is 93.8 cm³/mol. The zero-order valence-electron chi connectivity index (χ0n) is 14.4. The number of carbonyl (C=O) groups excluding carboxylic acids is 2. The summed E-state index contributed by atoms with van der Waals surface area (Å²) in [7, 11) is 1.49. The minimum absolute atomic E-state index is 0.0336. The highest BCUT2D eigenvalue weighted by Gasteiger charge is 2.30. The number of nitro benzene ring substituents is 1. The molecule has 0 saturated heterocycles. The number of amides is 2. The van der Waals surface area contributed by atoms with E-state index in [2.05, 4.69) is 0 Å². The Morgan fingerprint density at radius 1 is 1.33 bits per heavy atom. The monoisotopic (exact) mass is 373 g/mol. The van der Waals surface area contributed by atoms with Crippen molar-refractivity contribution >= 4 is 23.2 Å². The maximum absolute atomic E-state index is 13.8. The van der Waals surface area contributed by atoms with Crippen molar-refractivity contribution in [3.63, 3.8) is 0 Å². The van der Waals surface area contributed by atoms with E-state index < -0.39 is 22.6 Å². The van der Waals surface area contributed by atoms with E-state index in [1.807, 2.05) is 0 Å². The van der Waals surface area contributed by atoms with Crippen molar-refractivity contribution in [2.24, 2.45) is 0 Å². The van der Waals surface area contributed by atoms with Crippen molar-refractivity contribution in [1.82, 2.24) is 4.90 Å². The number of anilines is 1. The molecule has 9 heteroatoms. The second kappa shape index (κ2) is 7.40. The molecule has 0 bridgehead atoms. The molecule has 0 aliphatic carbocycles. The van der Waals surface area contributed by atoms with Crippen molar-refractivity contribution in [1.29, 1.82) is 0 Å². The summed E-state index contributed by atoms with van der Waals surface area (Å²) in [6.45, 7) is -0.567. The van der Waals surface area contributed by atoms with E-state index in [1.54, 1.807) is 18.2 Å². The topological polar surface area (TPSA) is 93.0 Å². The first kappa shape index (κ1) is 18.3. The lowest BCUT2D eigenvalue weighted by Crippen LogP contribution is -2.45. The van der Waals surface area contributed by atoms with E-state index in [1.165, 1.54) is 36.2 Å². The lowest BCUT2D eigenvalue weighted by Gasteiger charge is -2.30. The fraction of sp³-hybridized carbons (Fsp3) is 0.222. The van der Waals surface area contributed by atoms with Crippen LogP contribution in [0.1, 0.15) is 5.56 Å². The SMILES string of the molecule is CN(Cc1ccccc1F)C(=O)CN1C(=O)COc2ccc([N+](=O)[O-])cc21. The van der Waals surface area contributed by atoms with Gasteiger partial charge in [-0.15, -0.1) is 0 Å². The second-order valence-corrected chi connectivity index (χ2v) is 6.02. The Balaban J connectivity index is 1.79. The van der Waals surface area contributed by atoms with E-state index in [0.717, 1.165) is 4.90 Å². The quantitative estimate of drug-likeness (QED) is 0.591. The summed E-state index contributed by atoms with van der Waals surface area (Å²) in [5, 5.41) is 11.0. The largest absolute Gasteiger partial charge is 0.482 e. The summed E-state index contributed by atoms with van der Waals surface area (Å²) < 4.78 is 19.0. The summed E-state index contributed by atoms with van der Waals surface area (Å²) in [5.74, 6) is -1.08. The normalized spacial score (nSPS) is 13.0. The van der Waals surface area contributed by atoms with Crippen LogP contribution < -0.4 is 9.64 Å². The Bertz CT molecular complexity index is 918. The van der Waals surface area contributed by atoms with Crippen LogP contribution in [0.25, 0.3) is 0 Å². The van der Waals surface area contributed by atoms with Crippen molar-refractivity contribution < 1.29 is 23.6 Å². The van der Waals surface area contributed by atoms with Gasteiger partial charge >= 0.3 is 0 Å². The maximum Gasteiger partial charge on any atom is 0.271 e. The van der Waals surface area contributed by atoms with Gasteiger partial charge in [-0.05, 0) is 12.1 Å². The molecule has 0 saturated carbocycles. The number of hydrogen-bond acceptors (Lipinski definition) is 5. The molecule has 0 N–H and O–H groups in total. The summed E-state index contributed by atoms with van der Waals surface area (Å²) >= 11 is 0. The Hall–Kier alpha value is -3.49. The van der Waals surface area contributed by atoms with Crippen LogP contribution in [0.3, 0.4) is 0 Å². The molecule has 0 spiro atoms. The molecule has 3 rings (SSSR count). The highest BCUT2D eigenvalue weighted by atomic mass is 19.1. The van der Waals surface area contributed by atoms with Gasteiger partial charge in [0.25, 0.3) is 11.6 Å². The molecule has 0 atom stereocenters. The van der Waals surface area contributed by atoms with Crippen LogP contribution in [-0.4, -0.2) is 41.8 Å². The smallest absolute Gasteiger partial charge is 0.271 e. The van der Waals surface area contributed by atoms with Gasteiger partial charge in [-0.2, -0.15) is 0 Å². The lowest BCUT2D eigenvalue weighted by atomic mass is 10.2. The minimum Gasteiger partial charge on any atom is -0.482 e. The highest BCUT2D eigenvalue weighted by Crippen LogP contribution is 2.35. The molecule has 0 aromatic heterocycles. The van der Waals surface area contributed by atoms with Crippen molar-refractivity contribution in [3.8, 4) is 5.75 Å². The van der Waals surface area contributed by atoms with Crippen LogP contribution in [0.2, 0.25) is 0 Å². The molecule has 140 valence electrons. The van der Waals surface area contributed by atoms with E-state index in [9.17, 15) is 24.1 Å². The van der Waals surface area contributed by atoms with E-state index in [-0.39, 0.29) is 36.8 Å². The molecule has 1 aliphatic rings. The van der Waals surface area contributed by atoms with Gasteiger partial charge in [0.1, 0.15) is 18.1 Å². The first-order valence-corrected chi connectivity index (χ1v) is 8.06. The van der Waals surface area contributed by atoms with Gasteiger partial charge in [0.2, 0.25) is 5.91 Å². The second-order valence-electron chi connectivity index (χ2n) is 6.02. The van der Waals surface area contributed by atoms with Crippen LogP contribution in [0.15, 0.2) is 42.5 Å². The number of benzene rings is 2. The zero-order chi connectivity index (χ0) is 19.6. The third-order valence-corrected chi connectivity index (χ3v) is 4.18. The molecular formula is C18H16FN3O5. The molecule has 2 amide bonds. The first-order valence-electron chi connectivity index (χ1n) is 8.06. The molecule has 8 nitrogen and oxygen atoms in total. The van der Waals surface area contributed by atoms with Gasteiger partial charge in [-0.1, -0.05) is 18.2 Å². The van der Waals surface area contributed by atoms with Gasteiger partial charge < -0.3 is 9.64 Å². The van der Waals surface area contributed by atoms with Gasteiger partial charge in [0.05, 0.1) is 10.6 Å². The van der Waals surface area contributed by atoms with Crippen molar-refractivity contribution in [2.45, 2.75) is 6.54 Å². The molecule has 0 unspecified atom stereocenters. The van der Waals surface area contributed by atoms with Crippen molar-refractivity contribution in [3.05, 3.63) is 64.0 Å². The Kier molecular flexibility index (Phi) is 5.02. The number of carbonyl (C=O) groups is 2. The third-order valence-electron chi connectivity index (χ3n) is 4.18. The number of hydrogen-bond donors (Lipinski definition) is 0. The van der Waals surface area contributed by atoms with E-state index in [4.69, 9.17) is 4.74 Å². The number of ether oxygens (including phenoxy) is 1. The zero-order valence-corrected chi connectivity index (χ0v) is 14.4. The number of rotatable bonds is 5. The average Bonchev–Trinajstić information content (AvgIpc) is 2.65. The third kappa shape index (κ3) is 3.86. The Labute approximate surface area is 153 Å². The van der Waals surface area contributed by atoms with Crippen LogP contribution >= 0.6 is 0 Å². The number of likely N-dealkylation sites (N-methyl/N-ethyl adjacent to an activating group) is 1. The standard InChI is InChI=1S/C18H16FN3O5/c1-20(9-12-4-2-3-5-14(12)19)17(23)10-21-15-8-13(22(25)26)6-7-16(15)27-11-18(21)24/h2-8H,9-11H2,1H3. The van der Waals surface area contributed by atoms with Crippen molar-refractivity contribution in [2.75, 3.05) is 25.1 Å². The van der Waals surface area contributed by atoms with E-state index in [0.29, 0.717) is 5.56 Å². The molecule has 2 aromatic rings.